The molecule has 2 atom stereocenters. The molecule has 1 N–H and O–H groups in total. The molecule has 2 unspecified atom stereocenters. The van der Waals surface area contributed by atoms with Crippen molar-refractivity contribution >= 4 is 17.9 Å². The maximum Gasteiger partial charge on any atom is 0.362 e. The number of quaternary nitrogens is 1. The number of esters is 2. The Morgan fingerprint density at radius 2 is 1.30 bits per heavy atom. The van der Waals surface area contributed by atoms with Gasteiger partial charge >= 0.3 is 17.9 Å². The van der Waals surface area contributed by atoms with Gasteiger partial charge in [0.1, 0.15) is 6.61 Å². The molecule has 0 fully saturated rings. The Morgan fingerprint density at radius 3 is 1.95 bits per heavy atom. The minimum absolute atomic E-state index is 0.0458. The summed E-state index contributed by atoms with van der Waals surface area (Å²) >= 11 is 0. The minimum atomic E-state index is -0.885. The number of allylic oxidation sites excluding steroid dienone is 6. The maximum atomic E-state index is 12.5. The molecule has 0 aromatic heterocycles. The van der Waals surface area contributed by atoms with Gasteiger partial charge in [0.2, 0.25) is 0 Å². The van der Waals surface area contributed by atoms with Gasteiger partial charge in [-0.3, -0.25) is 9.59 Å². The van der Waals surface area contributed by atoms with Crippen molar-refractivity contribution in [1.82, 2.24) is 0 Å². The van der Waals surface area contributed by atoms with E-state index in [1.807, 2.05) is 21.1 Å². The van der Waals surface area contributed by atoms with E-state index in [-0.39, 0.29) is 36.2 Å². The Morgan fingerprint density at radius 1 is 0.721 bits per heavy atom. The van der Waals surface area contributed by atoms with Crippen molar-refractivity contribution in [3.05, 3.63) is 36.5 Å². The monoisotopic (exact) mass is 608 g/mol. The molecule has 0 radical (unpaired) electrons. The van der Waals surface area contributed by atoms with Crippen LogP contribution in [0.15, 0.2) is 36.5 Å². The number of unbranched alkanes of at least 4 members (excludes halogenated alkanes) is 8. The van der Waals surface area contributed by atoms with Crippen LogP contribution in [0.25, 0.3) is 0 Å². The molecule has 0 heterocycles. The molecule has 8 nitrogen and oxygen atoms in total. The summed E-state index contributed by atoms with van der Waals surface area (Å²) in [6, 6.07) is -0.617. The second kappa shape index (κ2) is 27.1. The van der Waals surface area contributed by atoms with Gasteiger partial charge < -0.3 is 23.8 Å². The van der Waals surface area contributed by atoms with Crippen molar-refractivity contribution in [2.24, 2.45) is 0 Å². The van der Waals surface area contributed by atoms with Crippen molar-refractivity contribution in [3.8, 4) is 0 Å². The quantitative estimate of drug-likeness (QED) is 0.0423. The van der Waals surface area contributed by atoms with E-state index in [1.54, 1.807) is 0 Å². The lowest BCUT2D eigenvalue weighted by atomic mass is 10.1. The summed E-state index contributed by atoms with van der Waals surface area (Å²) < 4.78 is 17.0. The number of carbonyl (C=O) groups is 3. The number of nitrogens with zero attached hydrogens (tertiary/aromatic N) is 1. The van der Waals surface area contributed by atoms with Gasteiger partial charge in [0.25, 0.3) is 0 Å². The number of likely N-dealkylation sites (N-methyl/N-ethyl adjacent to an activating group) is 1. The van der Waals surface area contributed by atoms with Crippen LogP contribution in [0, 0.1) is 0 Å². The molecule has 248 valence electrons. The maximum absolute atomic E-state index is 12.5. The molecule has 0 amide bonds. The first-order valence-corrected chi connectivity index (χ1v) is 16.5. The summed E-state index contributed by atoms with van der Waals surface area (Å²) in [6.45, 7) is 4.48. The Kier molecular flexibility index (Phi) is 25.6. The molecule has 0 aliphatic heterocycles. The van der Waals surface area contributed by atoms with E-state index in [2.05, 4.69) is 50.3 Å². The summed E-state index contributed by atoms with van der Waals surface area (Å²) in [6.07, 6.45) is 26.3. The smallest absolute Gasteiger partial charge is 0.362 e. The molecule has 0 spiro atoms. The molecule has 0 saturated heterocycles. The van der Waals surface area contributed by atoms with Crippen LogP contribution in [0.4, 0.5) is 0 Å². The Bertz CT molecular complexity index is 813. The fraction of sp³-hybridized carbons (Fsp3) is 0.743. The number of rotatable bonds is 28. The number of carbonyl (C=O) groups excluding carboxylic acids is 2. The normalized spacial score (nSPS) is 13.6. The van der Waals surface area contributed by atoms with Crippen LogP contribution >= 0.6 is 0 Å². The highest BCUT2D eigenvalue weighted by Crippen LogP contribution is 2.11. The molecule has 0 aromatic rings. The molecule has 8 heteroatoms. The average Bonchev–Trinajstić information content (AvgIpc) is 2.94. The van der Waals surface area contributed by atoms with Gasteiger partial charge in [-0.15, -0.1) is 0 Å². The number of ether oxygens (including phenoxy) is 3. The fourth-order valence-electron chi connectivity index (χ4n) is 4.40. The van der Waals surface area contributed by atoms with Crippen LogP contribution in [0.1, 0.15) is 117 Å². The first kappa shape index (κ1) is 40.5. The molecule has 0 rings (SSSR count). The van der Waals surface area contributed by atoms with Gasteiger partial charge in [-0.25, -0.2) is 4.79 Å². The van der Waals surface area contributed by atoms with Crippen LogP contribution in [-0.4, -0.2) is 80.6 Å². The second-order valence-corrected chi connectivity index (χ2v) is 12.0. The lowest BCUT2D eigenvalue weighted by Crippen LogP contribution is -2.50. The van der Waals surface area contributed by atoms with Crippen LogP contribution < -0.4 is 0 Å². The van der Waals surface area contributed by atoms with Crippen molar-refractivity contribution in [2.45, 2.75) is 129 Å². The Labute approximate surface area is 262 Å². The van der Waals surface area contributed by atoms with E-state index in [0.717, 1.165) is 70.6 Å². The summed E-state index contributed by atoms with van der Waals surface area (Å²) in [5, 5.41) is 9.53. The van der Waals surface area contributed by atoms with E-state index in [4.69, 9.17) is 14.2 Å². The van der Waals surface area contributed by atoms with Crippen molar-refractivity contribution in [3.63, 3.8) is 0 Å². The molecule has 0 aliphatic rings. The third kappa shape index (κ3) is 25.7. The van der Waals surface area contributed by atoms with E-state index < -0.39 is 18.1 Å². The third-order valence-electron chi connectivity index (χ3n) is 7.02. The zero-order valence-electron chi connectivity index (χ0n) is 27.9. The first-order chi connectivity index (χ1) is 20.6. The zero-order chi connectivity index (χ0) is 32.2. The molecule has 0 aliphatic carbocycles. The summed E-state index contributed by atoms with van der Waals surface area (Å²) in [5.41, 5.74) is 0. The second-order valence-electron chi connectivity index (χ2n) is 12.0. The molecule has 43 heavy (non-hydrogen) atoms. The average molecular weight is 609 g/mol. The zero-order valence-corrected chi connectivity index (χ0v) is 27.9. The lowest BCUT2D eigenvalue weighted by Gasteiger charge is -2.31. The molecule has 0 bridgehead atoms. The third-order valence-corrected chi connectivity index (χ3v) is 7.02. The predicted octanol–water partition coefficient (Wildman–Crippen LogP) is 7.57. The van der Waals surface area contributed by atoms with Gasteiger partial charge in [0.05, 0.1) is 34.4 Å². The summed E-state index contributed by atoms with van der Waals surface area (Å²) in [5.74, 6) is -1.54. The van der Waals surface area contributed by atoms with E-state index in [0.29, 0.717) is 19.3 Å². The number of hydrogen-bond donors (Lipinski definition) is 1. The highest BCUT2D eigenvalue weighted by atomic mass is 16.6. The SMILES string of the molecule is CC/C=C/C/C=C/CCCCC(=O)OCC(COCCC(C(=O)O)[N+](C)(C)C)OC(=O)CCCCCC/C=C/CCCC. The van der Waals surface area contributed by atoms with E-state index >= 15 is 0 Å². The van der Waals surface area contributed by atoms with Crippen molar-refractivity contribution in [2.75, 3.05) is 41.0 Å². The van der Waals surface area contributed by atoms with Gasteiger partial charge in [0, 0.05) is 19.3 Å². The van der Waals surface area contributed by atoms with Crippen molar-refractivity contribution < 1.29 is 38.2 Å². The topological polar surface area (TPSA) is 99.1 Å². The van der Waals surface area contributed by atoms with Crippen molar-refractivity contribution in [1.29, 1.82) is 0 Å². The van der Waals surface area contributed by atoms with Gasteiger partial charge in [-0.2, -0.15) is 0 Å². The highest BCUT2D eigenvalue weighted by Gasteiger charge is 2.31. The fourth-order valence-corrected chi connectivity index (χ4v) is 4.40. The standard InChI is InChI=1S/C35H61NO7/c1-6-8-10-12-14-16-18-20-22-24-26-34(38)43-31(29-41-28-27-32(35(39)40)36(3,4)5)30-42-33(37)25-23-21-19-17-15-13-11-9-7-2/h9,11-12,14-15,17,31-32H,6-8,10,13,16,18-30H2,1-5H3/p+1/b11-9+,14-12+,17-15+. The number of carboxylic acids is 1. The van der Waals surface area contributed by atoms with Crippen LogP contribution in [0.3, 0.4) is 0 Å². The Balaban J connectivity index is 4.57. The van der Waals surface area contributed by atoms with Gasteiger partial charge in [0.15, 0.2) is 12.1 Å². The molecular weight excluding hydrogens is 546 g/mol. The first-order valence-electron chi connectivity index (χ1n) is 16.5. The highest BCUT2D eigenvalue weighted by molar-refractivity contribution is 5.72. The molecular formula is C35H62NO7+. The van der Waals surface area contributed by atoms with Crippen LogP contribution in [-0.2, 0) is 28.6 Å². The lowest BCUT2D eigenvalue weighted by molar-refractivity contribution is -0.887. The van der Waals surface area contributed by atoms with E-state index in [9.17, 15) is 19.5 Å². The molecule has 0 aromatic carbocycles. The molecule has 0 saturated carbocycles. The number of aliphatic carboxylic acids is 1. The summed E-state index contributed by atoms with van der Waals surface area (Å²) in [7, 11) is 5.48. The van der Waals surface area contributed by atoms with Crippen LogP contribution in [0.2, 0.25) is 0 Å². The number of hydrogen-bond acceptors (Lipinski definition) is 6. The largest absolute Gasteiger partial charge is 0.477 e. The summed E-state index contributed by atoms with van der Waals surface area (Å²) in [4.78, 5) is 36.5. The van der Waals surface area contributed by atoms with Gasteiger partial charge in [-0.05, 0) is 57.8 Å². The predicted molar refractivity (Wildman–Crippen MR) is 174 cm³/mol. The Hall–Kier alpha value is -2.45. The van der Waals surface area contributed by atoms with Crippen LogP contribution in [0.5, 0.6) is 0 Å². The van der Waals surface area contributed by atoms with E-state index in [1.165, 1.54) is 12.8 Å². The van der Waals surface area contributed by atoms with Gasteiger partial charge in [-0.1, -0.05) is 76.0 Å². The minimum Gasteiger partial charge on any atom is -0.477 e. The number of carboxylic acid groups (broad SMARTS) is 1.